The first-order valence-electron chi connectivity index (χ1n) is 5.22. The van der Waals surface area contributed by atoms with Gasteiger partial charge in [-0.2, -0.15) is 0 Å². The molecule has 1 heterocycles. The molecule has 0 spiro atoms. The van der Waals surface area contributed by atoms with Gasteiger partial charge in [-0.25, -0.2) is 0 Å². The van der Waals surface area contributed by atoms with E-state index in [0.717, 1.165) is 17.7 Å². The van der Waals surface area contributed by atoms with Crippen LogP contribution in [0.25, 0.3) is 0 Å². The number of benzene rings is 1. The van der Waals surface area contributed by atoms with E-state index >= 15 is 0 Å². The van der Waals surface area contributed by atoms with Crippen LogP contribution >= 0.6 is 0 Å². The normalized spacial score (nSPS) is 10.1. The first kappa shape index (κ1) is 10.5. The number of para-hydroxylation sites is 1. The Hall–Kier alpha value is -2.03. The van der Waals surface area contributed by atoms with Crippen LogP contribution in [0.1, 0.15) is 22.8 Å². The standard InChI is InChI=1S/C13H13NO2/c1-2-10-5-3-4-6-12(10)14-13(15)11-7-8-16-9-11/h3-9H,2H2,1H3,(H,14,15). The number of anilines is 1. The highest BCUT2D eigenvalue weighted by molar-refractivity contribution is 6.04. The van der Waals surface area contributed by atoms with Crippen LogP contribution in [0.5, 0.6) is 0 Å². The van der Waals surface area contributed by atoms with Crippen molar-refractivity contribution in [3.63, 3.8) is 0 Å². The summed E-state index contributed by atoms with van der Waals surface area (Å²) in [6, 6.07) is 9.42. The summed E-state index contributed by atoms with van der Waals surface area (Å²) in [5.41, 5.74) is 2.52. The van der Waals surface area contributed by atoms with Gasteiger partial charge >= 0.3 is 0 Å². The van der Waals surface area contributed by atoms with Gasteiger partial charge in [-0.1, -0.05) is 25.1 Å². The molecule has 3 heteroatoms. The maximum Gasteiger partial charge on any atom is 0.258 e. The summed E-state index contributed by atoms with van der Waals surface area (Å²) in [5, 5.41) is 2.86. The zero-order valence-electron chi connectivity index (χ0n) is 9.07. The van der Waals surface area contributed by atoms with E-state index in [1.54, 1.807) is 6.07 Å². The van der Waals surface area contributed by atoms with Crippen molar-refractivity contribution in [2.45, 2.75) is 13.3 Å². The first-order chi connectivity index (χ1) is 7.81. The van der Waals surface area contributed by atoms with Crippen LogP contribution in [0.15, 0.2) is 47.3 Å². The van der Waals surface area contributed by atoms with Crippen molar-refractivity contribution in [3.05, 3.63) is 54.0 Å². The quantitative estimate of drug-likeness (QED) is 0.854. The lowest BCUT2D eigenvalue weighted by molar-refractivity contribution is 0.102. The van der Waals surface area contributed by atoms with Crippen LogP contribution in [0.4, 0.5) is 5.69 Å². The van der Waals surface area contributed by atoms with E-state index in [9.17, 15) is 4.79 Å². The van der Waals surface area contributed by atoms with Gasteiger partial charge in [-0.15, -0.1) is 0 Å². The Morgan fingerprint density at radius 3 is 2.81 bits per heavy atom. The van der Waals surface area contributed by atoms with Crippen molar-refractivity contribution in [1.29, 1.82) is 0 Å². The Kier molecular flexibility index (Phi) is 3.05. The lowest BCUT2D eigenvalue weighted by atomic mass is 10.1. The first-order valence-corrected chi connectivity index (χ1v) is 5.22. The Morgan fingerprint density at radius 1 is 1.31 bits per heavy atom. The fraction of sp³-hybridized carbons (Fsp3) is 0.154. The molecule has 2 rings (SSSR count). The van der Waals surface area contributed by atoms with Gasteiger partial charge in [0.2, 0.25) is 0 Å². The minimum Gasteiger partial charge on any atom is -0.472 e. The van der Waals surface area contributed by atoms with Crippen LogP contribution in [-0.2, 0) is 6.42 Å². The topological polar surface area (TPSA) is 42.2 Å². The molecule has 1 aromatic heterocycles. The molecule has 0 aliphatic rings. The fourth-order valence-corrected chi connectivity index (χ4v) is 1.54. The van der Waals surface area contributed by atoms with Gasteiger partial charge in [-0.05, 0) is 24.1 Å². The third kappa shape index (κ3) is 2.14. The minimum atomic E-state index is -0.144. The molecule has 2 aromatic rings. The summed E-state index contributed by atoms with van der Waals surface area (Å²) in [6.45, 7) is 2.06. The second kappa shape index (κ2) is 4.66. The molecule has 1 N–H and O–H groups in total. The highest BCUT2D eigenvalue weighted by atomic mass is 16.3. The molecule has 0 unspecified atom stereocenters. The largest absolute Gasteiger partial charge is 0.472 e. The van der Waals surface area contributed by atoms with Crippen molar-refractivity contribution < 1.29 is 9.21 Å². The summed E-state index contributed by atoms with van der Waals surface area (Å²) in [4.78, 5) is 11.8. The third-order valence-electron chi connectivity index (χ3n) is 2.43. The molecule has 0 aliphatic heterocycles. The summed E-state index contributed by atoms with van der Waals surface area (Å²) in [7, 11) is 0. The van der Waals surface area contributed by atoms with E-state index < -0.39 is 0 Å². The van der Waals surface area contributed by atoms with E-state index in [2.05, 4.69) is 12.2 Å². The van der Waals surface area contributed by atoms with Gasteiger partial charge in [0.25, 0.3) is 5.91 Å². The summed E-state index contributed by atoms with van der Waals surface area (Å²) < 4.78 is 4.87. The summed E-state index contributed by atoms with van der Waals surface area (Å²) >= 11 is 0. The highest BCUT2D eigenvalue weighted by Gasteiger charge is 2.08. The lowest BCUT2D eigenvalue weighted by Crippen LogP contribution is -2.12. The Balaban J connectivity index is 2.18. The van der Waals surface area contributed by atoms with Crippen molar-refractivity contribution in [2.75, 3.05) is 5.32 Å². The van der Waals surface area contributed by atoms with Gasteiger partial charge in [0.05, 0.1) is 11.8 Å². The van der Waals surface area contributed by atoms with E-state index in [0.29, 0.717) is 5.56 Å². The Labute approximate surface area is 94.1 Å². The SMILES string of the molecule is CCc1ccccc1NC(=O)c1ccoc1. The van der Waals surface area contributed by atoms with Crippen molar-refractivity contribution in [3.8, 4) is 0 Å². The fourth-order valence-electron chi connectivity index (χ4n) is 1.54. The predicted octanol–water partition coefficient (Wildman–Crippen LogP) is 3.09. The van der Waals surface area contributed by atoms with Crippen LogP contribution < -0.4 is 5.32 Å². The van der Waals surface area contributed by atoms with E-state index in [1.165, 1.54) is 12.5 Å². The van der Waals surface area contributed by atoms with E-state index in [1.807, 2.05) is 24.3 Å². The van der Waals surface area contributed by atoms with Gasteiger partial charge in [0.1, 0.15) is 6.26 Å². The molecule has 1 amide bonds. The smallest absolute Gasteiger partial charge is 0.258 e. The number of aryl methyl sites for hydroxylation is 1. The van der Waals surface area contributed by atoms with Gasteiger partial charge < -0.3 is 9.73 Å². The third-order valence-corrected chi connectivity index (χ3v) is 2.43. The van der Waals surface area contributed by atoms with Crippen molar-refractivity contribution >= 4 is 11.6 Å². The maximum atomic E-state index is 11.8. The molecule has 0 saturated heterocycles. The summed E-state index contributed by atoms with van der Waals surface area (Å²) in [6.07, 6.45) is 3.81. The minimum absolute atomic E-state index is 0.144. The van der Waals surface area contributed by atoms with Gasteiger partial charge in [0, 0.05) is 5.69 Å². The number of carbonyl (C=O) groups is 1. The maximum absolute atomic E-state index is 11.8. The van der Waals surface area contributed by atoms with Crippen molar-refractivity contribution in [1.82, 2.24) is 0 Å². The summed E-state index contributed by atoms with van der Waals surface area (Å²) in [5.74, 6) is -0.144. The number of hydrogen-bond donors (Lipinski definition) is 1. The van der Waals surface area contributed by atoms with Crippen LogP contribution in [0, 0.1) is 0 Å². The molecular formula is C13H13NO2. The monoisotopic (exact) mass is 215 g/mol. The van der Waals surface area contributed by atoms with Gasteiger partial charge in [0.15, 0.2) is 0 Å². The number of rotatable bonds is 3. The zero-order chi connectivity index (χ0) is 11.4. The highest BCUT2D eigenvalue weighted by Crippen LogP contribution is 2.16. The number of carbonyl (C=O) groups excluding carboxylic acids is 1. The average molecular weight is 215 g/mol. The second-order valence-electron chi connectivity index (χ2n) is 3.48. The molecule has 0 fully saturated rings. The number of hydrogen-bond acceptors (Lipinski definition) is 2. The molecule has 0 aliphatic carbocycles. The van der Waals surface area contributed by atoms with E-state index in [4.69, 9.17) is 4.42 Å². The molecule has 1 aromatic carbocycles. The number of amides is 1. The predicted molar refractivity (Wildman–Crippen MR) is 62.5 cm³/mol. The van der Waals surface area contributed by atoms with E-state index in [-0.39, 0.29) is 5.91 Å². The zero-order valence-corrected chi connectivity index (χ0v) is 9.07. The Morgan fingerprint density at radius 2 is 2.12 bits per heavy atom. The van der Waals surface area contributed by atoms with Crippen LogP contribution in [0.2, 0.25) is 0 Å². The average Bonchev–Trinajstić information content (AvgIpc) is 2.83. The molecule has 82 valence electrons. The van der Waals surface area contributed by atoms with Crippen LogP contribution in [0.3, 0.4) is 0 Å². The number of nitrogens with one attached hydrogen (secondary N) is 1. The molecule has 0 radical (unpaired) electrons. The molecule has 0 bridgehead atoms. The van der Waals surface area contributed by atoms with Crippen LogP contribution in [-0.4, -0.2) is 5.91 Å². The number of furan rings is 1. The molecule has 3 nitrogen and oxygen atoms in total. The van der Waals surface area contributed by atoms with Crippen molar-refractivity contribution in [2.24, 2.45) is 0 Å². The molecule has 0 atom stereocenters. The van der Waals surface area contributed by atoms with Gasteiger partial charge in [-0.3, -0.25) is 4.79 Å². The molecule has 0 saturated carbocycles. The second-order valence-corrected chi connectivity index (χ2v) is 3.48. The Bertz CT molecular complexity index is 474. The molecular weight excluding hydrogens is 202 g/mol. The lowest BCUT2D eigenvalue weighted by Gasteiger charge is -2.08. The molecule has 16 heavy (non-hydrogen) atoms.